The van der Waals surface area contributed by atoms with Crippen LogP contribution in [-0.2, 0) is 9.59 Å². The number of amides is 2. The Morgan fingerprint density at radius 1 is 1.35 bits per heavy atom. The largest absolute Gasteiger partial charge is 0.373 e. The Kier molecular flexibility index (Phi) is 8.64. The van der Waals surface area contributed by atoms with E-state index in [1.54, 1.807) is 0 Å². The highest BCUT2D eigenvalue weighted by molar-refractivity contribution is 6.33. The summed E-state index contributed by atoms with van der Waals surface area (Å²) in [5, 5.41) is 2.78. The number of nitrogens with one attached hydrogen (secondary N) is 1. The fourth-order valence-corrected chi connectivity index (χ4v) is 2.10. The lowest BCUT2D eigenvalue weighted by Gasteiger charge is -2.23. The van der Waals surface area contributed by atoms with Gasteiger partial charge in [-0.05, 0) is 31.0 Å². The molecule has 2 amide bonds. The molecule has 0 heterocycles. The van der Waals surface area contributed by atoms with E-state index in [0.29, 0.717) is 18.0 Å². The Hall–Kier alpha value is -1.55. The summed E-state index contributed by atoms with van der Waals surface area (Å²) in [6.45, 7) is 8.52. The average molecular weight is 299 g/mol. The summed E-state index contributed by atoms with van der Waals surface area (Å²) in [6.07, 6.45) is 0.645. The highest BCUT2D eigenvalue weighted by atomic mass is 35.5. The summed E-state index contributed by atoms with van der Waals surface area (Å²) in [5.41, 5.74) is 3.18. The van der Waals surface area contributed by atoms with Gasteiger partial charge in [0.15, 0.2) is 0 Å². The number of carbonyl (C=O) groups excluding carboxylic acids is 2. The van der Waals surface area contributed by atoms with Crippen molar-refractivity contribution in [3.8, 4) is 0 Å². The minimum Gasteiger partial charge on any atom is -0.373 e. The molecule has 0 fully saturated rings. The molecule has 0 aromatic heterocycles. The van der Waals surface area contributed by atoms with Crippen LogP contribution in [0.15, 0.2) is 12.1 Å². The van der Waals surface area contributed by atoms with E-state index in [-0.39, 0.29) is 12.3 Å². The van der Waals surface area contributed by atoms with Crippen molar-refractivity contribution < 1.29 is 9.59 Å². The number of hydrogen-bond donors (Lipinski definition) is 1. The van der Waals surface area contributed by atoms with Crippen LogP contribution in [0.5, 0.6) is 0 Å². The summed E-state index contributed by atoms with van der Waals surface area (Å²) in [4.78, 5) is 23.3. The number of anilines is 1. The number of nitrogens with zero attached hydrogens (tertiary/aromatic N) is 1. The van der Waals surface area contributed by atoms with Crippen molar-refractivity contribution in [2.24, 2.45) is 0 Å². The van der Waals surface area contributed by atoms with E-state index in [9.17, 15) is 9.59 Å². The van der Waals surface area contributed by atoms with Crippen LogP contribution in [0.1, 0.15) is 31.4 Å². The molecule has 1 aromatic rings. The molecule has 1 aromatic carbocycles. The molecule has 0 atom stereocenters. The third-order valence-electron chi connectivity index (χ3n) is 2.93. The molecule has 0 aliphatic rings. The number of carbonyl (C=O) groups is 2. The van der Waals surface area contributed by atoms with Crippen molar-refractivity contribution in [2.45, 2.75) is 34.1 Å². The molecule has 4 nitrogen and oxygen atoms in total. The van der Waals surface area contributed by atoms with Crippen molar-refractivity contribution in [1.29, 1.82) is 0 Å². The van der Waals surface area contributed by atoms with E-state index in [0.717, 1.165) is 16.8 Å². The number of benzene rings is 1. The molecule has 0 radical (unpaired) electrons. The molecule has 1 rings (SSSR count). The van der Waals surface area contributed by atoms with Gasteiger partial charge in [-0.1, -0.05) is 31.5 Å². The van der Waals surface area contributed by atoms with Crippen LogP contribution >= 0.6 is 11.6 Å². The second-order valence-corrected chi connectivity index (χ2v) is 4.60. The SMILES string of the molecule is CC.Cc1ccc(Cl)c(N(C)CCC(=O)NC=O)c1C. The number of hydrogen-bond acceptors (Lipinski definition) is 3. The van der Waals surface area contributed by atoms with Crippen molar-refractivity contribution in [3.05, 3.63) is 28.3 Å². The fourth-order valence-electron chi connectivity index (χ4n) is 1.76. The van der Waals surface area contributed by atoms with Crippen LogP contribution in [0.2, 0.25) is 5.02 Å². The Balaban J connectivity index is 0.00000172. The minimum absolute atomic E-state index is 0.249. The second-order valence-electron chi connectivity index (χ2n) is 4.19. The fraction of sp³-hybridized carbons (Fsp3) is 0.467. The molecule has 5 heteroatoms. The highest BCUT2D eigenvalue weighted by Crippen LogP contribution is 2.30. The summed E-state index contributed by atoms with van der Waals surface area (Å²) < 4.78 is 0. The monoisotopic (exact) mass is 298 g/mol. The summed E-state index contributed by atoms with van der Waals surface area (Å²) in [6, 6.07) is 3.81. The van der Waals surface area contributed by atoms with Gasteiger partial charge in [0.2, 0.25) is 12.3 Å². The number of aryl methyl sites for hydroxylation is 1. The van der Waals surface area contributed by atoms with Crippen LogP contribution < -0.4 is 10.2 Å². The zero-order valence-electron chi connectivity index (χ0n) is 12.8. The van der Waals surface area contributed by atoms with Gasteiger partial charge in [-0.25, -0.2) is 0 Å². The van der Waals surface area contributed by atoms with Crippen LogP contribution in [0.25, 0.3) is 0 Å². The van der Waals surface area contributed by atoms with Crippen molar-refractivity contribution in [3.63, 3.8) is 0 Å². The second kappa shape index (κ2) is 9.37. The van der Waals surface area contributed by atoms with Gasteiger partial charge in [0, 0.05) is 20.0 Å². The lowest BCUT2D eigenvalue weighted by atomic mass is 10.1. The first kappa shape index (κ1) is 18.4. The summed E-state index contributed by atoms with van der Waals surface area (Å²) in [7, 11) is 1.88. The first-order valence-electron chi connectivity index (χ1n) is 6.67. The molecular weight excluding hydrogens is 276 g/mol. The maximum Gasteiger partial charge on any atom is 0.228 e. The average Bonchev–Trinajstić information content (AvgIpc) is 2.44. The third-order valence-corrected chi connectivity index (χ3v) is 3.23. The van der Waals surface area contributed by atoms with Crippen molar-refractivity contribution in [2.75, 3.05) is 18.5 Å². The zero-order valence-corrected chi connectivity index (χ0v) is 13.5. The van der Waals surface area contributed by atoms with Gasteiger partial charge in [0.05, 0.1) is 10.7 Å². The van der Waals surface area contributed by atoms with E-state index in [1.807, 2.05) is 51.8 Å². The zero-order chi connectivity index (χ0) is 15.7. The molecule has 0 bridgehead atoms. The predicted octanol–water partition coefficient (Wildman–Crippen LogP) is 3.08. The van der Waals surface area contributed by atoms with E-state index >= 15 is 0 Å². The van der Waals surface area contributed by atoms with Crippen LogP contribution in [-0.4, -0.2) is 25.9 Å². The standard InChI is InChI=1S/C13H17ClN2O2.C2H6/c1-9-4-5-11(14)13(10(9)2)16(3)7-6-12(18)15-8-17;1-2/h4-5,8H,6-7H2,1-3H3,(H,15,17,18);1-2H3. The van der Waals surface area contributed by atoms with Gasteiger partial charge in [0.1, 0.15) is 0 Å². The van der Waals surface area contributed by atoms with Crippen molar-refractivity contribution >= 4 is 29.6 Å². The molecular formula is C15H23ClN2O2. The van der Waals surface area contributed by atoms with E-state index in [1.165, 1.54) is 0 Å². The Labute approximate surface area is 126 Å². The van der Waals surface area contributed by atoms with E-state index < -0.39 is 0 Å². The number of halogens is 1. The van der Waals surface area contributed by atoms with E-state index in [2.05, 4.69) is 5.32 Å². The molecule has 1 N–H and O–H groups in total. The van der Waals surface area contributed by atoms with Gasteiger partial charge in [-0.3, -0.25) is 14.9 Å². The molecule has 0 spiro atoms. The molecule has 112 valence electrons. The van der Waals surface area contributed by atoms with E-state index in [4.69, 9.17) is 11.6 Å². The topological polar surface area (TPSA) is 49.4 Å². The Morgan fingerprint density at radius 3 is 2.50 bits per heavy atom. The van der Waals surface area contributed by atoms with Crippen LogP contribution in [0, 0.1) is 13.8 Å². The van der Waals surface area contributed by atoms with Gasteiger partial charge >= 0.3 is 0 Å². The predicted molar refractivity (Wildman–Crippen MR) is 84.4 cm³/mol. The number of imide groups is 1. The Morgan fingerprint density at radius 2 is 1.95 bits per heavy atom. The van der Waals surface area contributed by atoms with Gasteiger partial charge < -0.3 is 4.90 Å². The van der Waals surface area contributed by atoms with Gasteiger partial charge in [0.25, 0.3) is 0 Å². The molecule has 0 saturated carbocycles. The summed E-state index contributed by atoms with van der Waals surface area (Å²) in [5.74, 6) is -0.293. The molecule has 0 aliphatic carbocycles. The Bertz CT molecular complexity index is 461. The maximum atomic E-state index is 11.2. The van der Waals surface area contributed by atoms with Crippen LogP contribution in [0.3, 0.4) is 0 Å². The third kappa shape index (κ3) is 5.21. The molecule has 0 saturated heterocycles. The smallest absolute Gasteiger partial charge is 0.228 e. The lowest BCUT2D eigenvalue weighted by molar-refractivity contribution is -0.125. The van der Waals surface area contributed by atoms with Gasteiger partial charge in [-0.2, -0.15) is 0 Å². The van der Waals surface area contributed by atoms with Crippen molar-refractivity contribution in [1.82, 2.24) is 5.32 Å². The summed E-state index contributed by atoms with van der Waals surface area (Å²) >= 11 is 6.17. The minimum atomic E-state index is -0.293. The quantitative estimate of drug-likeness (QED) is 0.850. The lowest BCUT2D eigenvalue weighted by Crippen LogP contribution is -2.28. The normalized spacial score (nSPS) is 9.30. The first-order chi connectivity index (χ1) is 9.47. The molecule has 0 unspecified atom stereocenters. The maximum absolute atomic E-state index is 11.2. The molecule has 0 aliphatic heterocycles. The molecule has 20 heavy (non-hydrogen) atoms. The van der Waals surface area contributed by atoms with Gasteiger partial charge in [-0.15, -0.1) is 0 Å². The first-order valence-corrected chi connectivity index (χ1v) is 7.05. The highest BCUT2D eigenvalue weighted by Gasteiger charge is 2.12. The number of rotatable bonds is 5. The van der Waals surface area contributed by atoms with Crippen LogP contribution in [0.4, 0.5) is 5.69 Å².